The third kappa shape index (κ3) is 2.49. The van der Waals surface area contributed by atoms with E-state index in [0.29, 0.717) is 17.5 Å². The second-order valence-corrected chi connectivity index (χ2v) is 6.41. The van der Waals surface area contributed by atoms with Crippen LogP contribution in [0.1, 0.15) is 5.56 Å². The van der Waals surface area contributed by atoms with Crippen molar-refractivity contribution in [2.24, 2.45) is 9.36 Å². The van der Waals surface area contributed by atoms with Gasteiger partial charge in [0.1, 0.15) is 0 Å². The van der Waals surface area contributed by atoms with Gasteiger partial charge < -0.3 is 5.32 Å². The number of amidine groups is 1. The predicted molar refractivity (Wildman–Crippen MR) is 78.5 cm³/mol. The van der Waals surface area contributed by atoms with Gasteiger partial charge in [0, 0.05) is 18.4 Å². The molecule has 2 rings (SSSR count). The van der Waals surface area contributed by atoms with E-state index in [4.69, 9.17) is 12.2 Å². The summed E-state index contributed by atoms with van der Waals surface area (Å²) in [5.41, 5.74) is 0.785. The molecule has 1 aliphatic heterocycles. The van der Waals surface area contributed by atoms with Crippen molar-refractivity contribution in [2.75, 3.05) is 12.8 Å². The average molecular weight is 279 g/mol. The van der Waals surface area contributed by atoms with Crippen LogP contribution in [-0.4, -0.2) is 28.0 Å². The van der Waals surface area contributed by atoms with Gasteiger partial charge in [-0.3, -0.25) is 0 Å². The second kappa shape index (κ2) is 4.99. The van der Waals surface area contributed by atoms with Crippen molar-refractivity contribution in [1.82, 2.24) is 5.32 Å². The van der Waals surface area contributed by atoms with Gasteiger partial charge in [-0.25, -0.2) is 4.21 Å². The Morgan fingerprint density at radius 3 is 3.06 bits per heavy atom. The molecule has 4 nitrogen and oxygen atoms in total. The van der Waals surface area contributed by atoms with Crippen molar-refractivity contribution in [1.29, 1.82) is 0 Å². The molecule has 6 heteroatoms. The van der Waals surface area contributed by atoms with Crippen molar-refractivity contribution in [3.05, 3.63) is 42.5 Å². The zero-order valence-electron chi connectivity index (χ0n) is 9.92. The molecule has 0 aliphatic carbocycles. The van der Waals surface area contributed by atoms with Crippen LogP contribution in [0.25, 0.3) is 0 Å². The van der Waals surface area contributed by atoms with Crippen molar-refractivity contribution in [3.8, 4) is 0 Å². The summed E-state index contributed by atoms with van der Waals surface area (Å²) in [7, 11) is -2.38. The number of rotatable bonds is 2. The first kappa shape index (κ1) is 12.9. The summed E-state index contributed by atoms with van der Waals surface area (Å²) in [4.78, 5) is 4.91. The number of benzene rings is 1. The van der Waals surface area contributed by atoms with E-state index < -0.39 is 9.73 Å². The molecule has 0 saturated heterocycles. The Morgan fingerprint density at radius 2 is 2.33 bits per heavy atom. The Labute approximate surface area is 112 Å². The molecule has 94 valence electrons. The highest BCUT2D eigenvalue weighted by Crippen LogP contribution is 2.25. The van der Waals surface area contributed by atoms with E-state index in [1.165, 1.54) is 0 Å². The Balaban J connectivity index is 2.40. The number of aliphatic imine (C=N–C) groups is 1. The molecule has 0 unspecified atom stereocenters. The maximum absolute atomic E-state index is 12.3. The minimum absolute atomic E-state index is 0.320. The van der Waals surface area contributed by atoms with Gasteiger partial charge in [0.25, 0.3) is 0 Å². The molecule has 1 N–H and O–H groups in total. The molecule has 0 radical (unpaired) electrons. The molecule has 1 atom stereocenters. The number of nitrogens with zero attached hydrogens (tertiary/aromatic N) is 2. The van der Waals surface area contributed by atoms with Crippen LogP contribution in [-0.2, 0) is 9.73 Å². The highest BCUT2D eigenvalue weighted by molar-refractivity contribution is 7.93. The average Bonchev–Trinajstić information content (AvgIpc) is 2.59. The van der Waals surface area contributed by atoms with Crippen LogP contribution in [0.4, 0.5) is 0 Å². The highest BCUT2D eigenvalue weighted by Gasteiger charge is 2.23. The van der Waals surface area contributed by atoms with E-state index >= 15 is 0 Å². The molecule has 18 heavy (non-hydrogen) atoms. The van der Waals surface area contributed by atoms with Gasteiger partial charge in [-0.1, -0.05) is 18.2 Å². The van der Waals surface area contributed by atoms with E-state index in [-0.39, 0.29) is 0 Å². The van der Waals surface area contributed by atoms with Gasteiger partial charge in [0.2, 0.25) is 0 Å². The number of hydrogen-bond donors (Lipinski definition) is 1. The van der Waals surface area contributed by atoms with Crippen LogP contribution in [0.2, 0.25) is 0 Å². The second-order valence-electron chi connectivity index (χ2n) is 3.80. The van der Waals surface area contributed by atoms with Crippen LogP contribution in [0.15, 0.2) is 51.2 Å². The number of hydrogen-bond acceptors (Lipinski definition) is 2. The zero-order valence-corrected chi connectivity index (χ0v) is 11.6. The molecule has 0 fully saturated rings. The maximum Gasteiger partial charge on any atom is 0.195 e. The van der Waals surface area contributed by atoms with Gasteiger partial charge in [0.15, 0.2) is 10.9 Å². The number of thiocarbonyl (C=S) groups is 1. The molecular formula is C12H13N3OS2. The summed E-state index contributed by atoms with van der Waals surface area (Å²) in [6.45, 7) is 4.12. The van der Waals surface area contributed by atoms with Crippen molar-refractivity contribution in [2.45, 2.75) is 4.90 Å². The molecule has 0 spiro atoms. The third-order valence-electron chi connectivity index (χ3n) is 2.40. The molecular weight excluding hydrogens is 266 g/mol. The highest BCUT2D eigenvalue weighted by atomic mass is 32.2. The minimum atomic E-state index is -2.38. The maximum atomic E-state index is 12.3. The van der Waals surface area contributed by atoms with E-state index in [9.17, 15) is 4.21 Å². The zero-order chi connectivity index (χ0) is 13.2. The lowest BCUT2D eigenvalue weighted by atomic mass is 10.2. The lowest BCUT2D eigenvalue weighted by molar-refractivity contribution is 0.682. The Morgan fingerprint density at radius 1 is 1.61 bits per heavy atom. The van der Waals surface area contributed by atoms with Crippen LogP contribution < -0.4 is 5.32 Å². The summed E-state index contributed by atoms with van der Waals surface area (Å²) in [6.07, 6.45) is 3.30. The van der Waals surface area contributed by atoms with Gasteiger partial charge >= 0.3 is 0 Å². The van der Waals surface area contributed by atoms with Gasteiger partial charge in [-0.15, -0.1) is 6.58 Å². The first-order valence-electron chi connectivity index (χ1n) is 5.33. The van der Waals surface area contributed by atoms with Gasteiger partial charge in [-0.2, -0.15) is 9.36 Å². The summed E-state index contributed by atoms with van der Waals surface area (Å²) < 4.78 is 16.4. The standard InChI is InChI=1S/C12H13N3OS2/c1-3-8-13-12(17)14-11-9-6-4-5-7-10(9)18(2,16)15-11/h3-7H,1,8H2,2H3,(H,13,17)/t18-/m1/s1. The first-order valence-corrected chi connectivity index (χ1v) is 7.67. The topological polar surface area (TPSA) is 53.8 Å². The van der Waals surface area contributed by atoms with Crippen LogP contribution >= 0.6 is 12.2 Å². The van der Waals surface area contributed by atoms with Crippen LogP contribution in [0, 0.1) is 0 Å². The molecule has 1 aliphatic rings. The summed E-state index contributed by atoms with van der Waals surface area (Å²) in [5, 5.41) is 3.21. The molecule has 0 aromatic heterocycles. The van der Waals surface area contributed by atoms with E-state index in [1.807, 2.05) is 24.3 Å². The van der Waals surface area contributed by atoms with Crippen LogP contribution in [0.5, 0.6) is 0 Å². The van der Waals surface area contributed by atoms with E-state index in [0.717, 1.165) is 10.5 Å². The predicted octanol–water partition coefficient (Wildman–Crippen LogP) is 1.96. The first-order chi connectivity index (χ1) is 8.54. The Kier molecular flexibility index (Phi) is 3.58. The Hall–Kier alpha value is -1.53. The van der Waals surface area contributed by atoms with Crippen molar-refractivity contribution in [3.63, 3.8) is 0 Å². The van der Waals surface area contributed by atoms with Gasteiger partial charge in [0.05, 0.1) is 14.6 Å². The van der Waals surface area contributed by atoms with E-state index in [2.05, 4.69) is 21.3 Å². The fourth-order valence-electron chi connectivity index (χ4n) is 1.62. The smallest absolute Gasteiger partial charge is 0.195 e. The molecule has 0 bridgehead atoms. The lowest BCUT2D eigenvalue weighted by Crippen LogP contribution is -2.20. The normalized spacial score (nSPS) is 23.3. The van der Waals surface area contributed by atoms with E-state index in [1.54, 1.807) is 12.3 Å². The van der Waals surface area contributed by atoms with Crippen molar-refractivity contribution < 1.29 is 4.21 Å². The fourth-order valence-corrected chi connectivity index (χ4v) is 3.26. The quantitative estimate of drug-likeness (QED) is 0.665. The molecule has 0 saturated carbocycles. The SMILES string of the molecule is C=CCNC(=S)N=C1N=[S@](C)(=O)c2ccccc21. The van der Waals surface area contributed by atoms with Crippen molar-refractivity contribution >= 4 is 32.9 Å². The van der Waals surface area contributed by atoms with Gasteiger partial charge in [-0.05, 0) is 24.4 Å². The third-order valence-corrected chi connectivity index (χ3v) is 4.33. The molecule has 0 amide bonds. The van der Waals surface area contributed by atoms with Crippen LogP contribution in [0.3, 0.4) is 0 Å². The largest absolute Gasteiger partial charge is 0.357 e. The fraction of sp³-hybridized carbons (Fsp3) is 0.167. The number of nitrogens with one attached hydrogen (secondary N) is 1. The number of fused-ring (bicyclic) bond motifs is 1. The lowest BCUT2D eigenvalue weighted by Gasteiger charge is -2.00. The molecule has 1 heterocycles. The monoisotopic (exact) mass is 279 g/mol. The molecule has 1 aromatic carbocycles. The summed E-state index contributed by atoms with van der Waals surface area (Å²) >= 11 is 5.06. The summed E-state index contributed by atoms with van der Waals surface area (Å²) in [5.74, 6) is 0.430. The minimum Gasteiger partial charge on any atom is -0.357 e. The summed E-state index contributed by atoms with van der Waals surface area (Å²) in [6, 6.07) is 7.37. The Bertz CT molecular complexity index is 655. The molecule has 1 aromatic rings.